The van der Waals surface area contributed by atoms with Crippen molar-refractivity contribution in [3.05, 3.63) is 53.6 Å². The number of para-hydroxylation sites is 1. The highest BCUT2D eigenvalue weighted by molar-refractivity contribution is 5.94. The molecule has 31 heavy (non-hydrogen) atoms. The van der Waals surface area contributed by atoms with Crippen LogP contribution in [0.3, 0.4) is 0 Å². The van der Waals surface area contributed by atoms with Gasteiger partial charge in [0.15, 0.2) is 7.05 Å². The van der Waals surface area contributed by atoms with E-state index in [1.165, 1.54) is 26.2 Å². The molecule has 168 valence electrons. The molecule has 2 aromatic rings. The lowest BCUT2D eigenvalue weighted by molar-refractivity contribution is -1.36. The summed E-state index contributed by atoms with van der Waals surface area (Å²) in [7, 11) is 3.13. The van der Waals surface area contributed by atoms with E-state index in [4.69, 9.17) is 28.7 Å². The summed E-state index contributed by atoms with van der Waals surface area (Å²) < 4.78 is 15.9. The van der Waals surface area contributed by atoms with Crippen LogP contribution in [0.4, 0.5) is 0 Å². The molecule has 0 unspecified atom stereocenters. The third-order valence-electron chi connectivity index (χ3n) is 4.01. The molecule has 0 aliphatic carbocycles. The summed E-state index contributed by atoms with van der Waals surface area (Å²) >= 11 is 0. The number of rotatable bonds is 11. The minimum Gasteiger partial charge on any atom is -0.496 e. The van der Waals surface area contributed by atoms with Crippen LogP contribution < -0.4 is 14.2 Å². The Balaban J connectivity index is 2.15. The Kier molecular flexibility index (Phi) is 8.95. The van der Waals surface area contributed by atoms with Crippen molar-refractivity contribution in [3.63, 3.8) is 0 Å². The van der Waals surface area contributed by atoms with Gasteiger partial charge in [-0.2, -0.15) is 0 Å². The van der Waals surface area contributed by atoms with Crippen molar-refractivity contribution in [2.75, 3.05) is 27.4 Å². The van der Waals surface area contributed by atoms with E-state index >= 15 is 0 Å². The van der Waals surface area contributed by atoms with Gasteiger partial charge in [0.2, 0.25) is 0 Å². The van der Waals surface area contributed by atoms with Crippen molar-refractivity contribution in [1.82, 2.24) is 0 Å². The van der Waals surface area contributed by atoms with Gasteiger partial charge in [-0.1, -0.05) is 12.1 Å². The molecule has 0 aliphatic rings. The summed E-state index contributed by atoms with van der Waals surface area (Å²) in [6.45, 7) is 5.86. The maximum atomic E-state index is 12.6. The van der Waals surface area contributed by atoms with Crippen molar-refractivity contribution in [1.29, 1.82) is 0 Å². The first-order valence-corrected chi connectivity index (χ1v) is 9.78. The monoisotopic (exact) mass is 434 g/mol. The van der Waals surface area contributed by atoms with Gasteiger partial charge in [-0.15, -0.1) is 14.5 Å². The van der Waals surface area contributed by atoms with Gasteiger partial charge >= 0.3 is 11.9 Å². The zero-order chi connectivity index (χ0) is 22.9. The van der Waals surface area contributed by atoms with Gasteiger partial charge in [0.05, 0.1) is 12.1 Å². The molecule has 0 fully saturated rings. The van der Waals surface area contributed by atoms with E-state index in [-0.39, 0.29) is 23.7 Å². The number of hydrogen-bond acceptors (Lipinski definition) is 8. The van der Waals surface area contributed by atoms with E-state index in [1.54, 1.807) is 37.4 Å². The van der Waals surface area contributed by atoms with Crippen molar-refractivity contribution < 1.29 is 43.3 Å². The zero-order valence-corrected chi connectivity index (χ0v) is 18.4. The molecular formula is C22H28NO8+. The molecule has 0 N–H and O–H groups in total. The number of ether oxygens (including phenoxy) is 3. The highest BCUT2D eigenvalue weighted by Crippen LogP contribution is 2.28. The van der Waals surface area contributed by atoms with Crippen LogP contribution >= 0.6 is 0 Å². The van der Waals surface area contributed by atoms with E-state index < -0.39 is 16.9 Å². The van der Waals surface area contributed by atoms with Crippen molar-refractivity contribution >= 4 is 11.9 Å². The molecule has 0 bridgehead atoms. The predicted octanol–water partition coefficient (Wildman–Crippen LogP) is 3.62. The summed E-state index contributed by atoms with van der Waals surface area (Å²) in [5, 5.41) is 0. The second kappa shape index (κ2) is 11.4. The molecule has 0 radical (unpaired) electrons. The lowest BCUT2D eigenvalue weighted by Crippen LogP contribution is -2.43. The van der Waals surface area contributed by atoms with Gasteiger partial charge in [0.1, 0.15) is 42.6 Å². The number of hydroxylamine groups is 3. The number of carbonyl (C=O) groups is 2. The summed E-state index contributed by atoms with van der Waals surface area (Å²) in [5.74, 6) is -0.357. The molecule has 0 spiro atoms. The van der Waals surface area contributed by atoms with Crippen LogP contribution in [0.15, 0.2) is 42.5 Å². The molecule has 0 saturated heterocycles. The largest absolute Gasteiger partial charge is 0.496 e. The Bertz CT molecular complexity index is 893. The van der Waals surface area contributed by atoms with Crippen LogP contribution in [0.2, 0.25) is 0 Å². The third kappa shape index (κ3) is 7.04. The molecule has 0 atom stereocenters. The molecular weight excluding hydrogens is 406 g/mol. The van der Waals surface area contributed by atoms with Gasteiger partial charge in [-0.05, 0) is 38.1 Å². The quantitative estimate of drug-likeness (QED) is 0.229. The first kappa shape index (κ1) is 24.3. The Morgan fingerprint density at radius 2 is 1.58 bits per heavy atom. The topological polar surface area (TPSA) is 89.5 Å². The normalized spacial score (nSPS) is 11.1. The van der Waals surface area contributed by atoms with Crippen LogP contribution in [0, 0.1) is 0 Å². The smallest absolute Gasteiger partial charge is 0.347 e. The number of benzene rings is 2. The minimum absolute atomic E-state index is 0.126. The Hall–Kier alpha value is -2.98. The standard InChI is InChI=1S/C22H28NO8/c1-6-27-23(4,28-7-2)29-15-17-12-13-18(14-21(17)26-5)31-22(25)19-10-8-9-11-20(19)30-16(3)24/h8-14H,6-7,15H2,1-5H3/q+1. The average Bonchev–Trinajstić information content (AvgIpc) is 2.73. The van der Waals surface area contributed by atoms with Crippen LogP contribution in [-0.2, 0) is 25.9 Å². The molecule has 0 aliphatic heterocycles. The molecule has 2 aromatic carbocycles. The van der Waals surface area contributed by atoms with Gasteiger partial charge in [-0.25, -0.2) is 4.79 Å². The van der Waals surface area contributed by atoms with Crippen LogP contribution in [-0.4, -0.2) is 44.3 Å². The van der Waals surface area contributed by atoms with Crippen LogP contribution in [0.5, 0.6) is 17.2 Å². The van der Waals surface area contributed by atoms with Gasteiger partial charge in [0.25, 0.3) is 0 Å². The van der Waals surface area contributed by atoms with E-state index in [0.29, 0.717) is 24.5 Å². The highest BCUT2D eigenvalue weighted by atomic mass is 17.2. The molecule has 9 heteroatoms. The summed E-state index contributed by atoms with van der Waals surface area (Å²) in [5.41, 5.74) is 0.831. The van der Waals surface area contributed by atoms with E-state index in [0.717, 1.165) is 0 Å². The Morgan fingerprint density at radius 3 is 2.19 bits per heavy atom. The molecule has 0 saturated carbocycles. The molecule has 0 heterocycles. The molecule has 9 nitrogen and oxygen atoms in total. The number of esters is 2. The lowest BCUT2D eigenvalue weighted by atomic mass is 10.2. The zero-order valence-electron chi connectivity index (χ0n) is 18.4. The number of quaternary nitrogens is 1. The SMILES string of the molecule is CCO[N+](C)(OCC)OCc1ccc(OC(=O)c2ccccc2OC(C)=O)cc1OC. The fraction of sp³-hybridized carbons (Fsp3) is 0.364. The number of hydrogen-bond donors (Lipinski definition) is 0. The van der Waals surface area contributed by atoms with Crippen LogP contribution in [0.1, 0.15) is 36.7 Å². The van der Waals surface area contributed by atoms with Crippen molar-refractivity contribution in [3.8, 4) is 17.2 Å². The highest BCUT2D eigenvalue weighted by Gasteiger charge is 2.28. The van der Waals surface area contributed by atoms with E-state index in [1.807, 2.05) is 13.8 Å². The summed E-state index contributed by atoms with van der Waals surface area (Å²) in [6.07, 6.45) is 0. The first-order valence-electron chi connectivity index (χ1n) is 9.78. The Labute approximate surface area is 181 Å². The number of nitrogens with zero attached hydrogens (tertiary/aromatic N) is 1. The van der Waals surface area contributed by atoms with Crippen molar-refractivity contribution in [2.24, 2.45) is 0 Å². The summed E-state index contributed by atoms with van der Waals surface area (Å²) in [6, 6.07) is 11.2. The van der Waals surface area contributed by atoms with Crippen LogP contribution in [0.25, 0.3) is 0 Å². The fourth-order valence-electron chi connectivity index (χ4n) is 2.72. The lowest BCUT2D eigenvalue weighted by Gasteiger charge is -2.24. The molecule has 0 amide bonds. The average molecular weight is 434 g/mol. The summed E-state index contributed by atoms with van der Waals surface area (Å²) in [4.78, 5) is 40.1. The molecule has 2 rings (SSSR count). The maximum absolute atomic E-state index is 12.6. The second-order valence-corrected chi connectivity index (χ2v) is 6.33. The van der Waals surface area contributed by atoms with Gasteiger partial charge < -0.3 is 14.2 Å². The number of carbonyl (C=O) groups excluding carboxylic acids is 2. The minimum atomic E-state index is -0.667. The number of methoxy groups -OCH3 is 1. The van der Waals surface area contributed by atoms with Gasteiger partial charge in [-0.3, -0.25) is 4.79 Å². The predicted molar refractivity (Wildman–Crippen MR) is 110 cm³/mol. The Morgan fingerprint density at radius 1 is 0.903 bits per heavy atom. The van der Waals surface area contributed by atoms with E-state index in [2.05, 4.69) is 0 Å². The second-order valence-electron chi connectivity index (χ2n) is 6.33. The van der Waals surface area contributed by atoms with Gasteiger partial charge in [0, 0.05) is 18.6 Å². The fourth-order valence-corrected chi connectivity index (χ4v) is 2.72. The molecule has 0 aromatic heterocycles. The third-order valence-corrected chi connectivity index (χ3v) is 4.01. The van der Waals surface area contributed by atoms with E-state index in [9.17, 15) is 9.59 Å². The first-order chi connectivity index (χ1) is 14.8. The van der Waals surface area contributed by atoms with Crippen molar-refractivity contribution in [2.45, 2.75) is 27.4 Å². The maximum Gasteiger partial charge on any atom is 0.347 e.